The molecule has 0 aliphatic heterocycles. The minimum Gasteiger partial charge on any atom is -0.251 e. The molecule has 0 spiro atoms. The number of hydrogen-bond acceptors (Lipinski definition) is 0. The Hall–Kier alpha value is -0.0631. The first kappa shape index (κ1) is 10.8. The van der Waals surface area contributed by atoms with Gasteiger partial charge in [0.1, 0.15) is 0 Å². The molecule has 5 heteroatoms. The third-order valence-corrected chi connectivity index (χ3v) is 0.378. The topological polar surface area (TPSA) is 0 Å². The molecule has 4 radical (unpaired) electrons. The normalized spacial score (nSPS) is 10.5. The lowest BCUT2D eigenvalue weighted by atomic mass is 10.5. The highest BCUT2D eigenvalue weighted by Crippen LogP contribution is 2.18. The maximum Gasteiger partial charge on any atom is 0.391 e. The van der Waals surface area contributed by atoms with Crippen molar-refractivity contribution in [2.75, 3.05) is 6.67 Å². The molecule has 0 aromatic heterocycles. The van der Waals surface area contributed by atoms with Crippen LogP contribution in [0.5, 0.6) is 0 Å². The van der Waals surface area contributed by atoms with Crippen LogP contribution in [0, 0.1) is 0 Å². The van der Waals surface area contributed by atoms with Gasteiger partial charge in [-0.05, 0) is 0 Å². The SMILES string of the molecule is FCCC(F)(F)F.[Si]. The predicted octanol–water partition coefficient (Wildman–Crippen LogP) is 1.53. The van der Waals surface area contributed by atoms with Crippen LogP contribution in [-0.4, -0.2) is 23.8 Å². The van der Waals surface area contributed by atoms with E-state index >= 15 is 0 Å². The molecule has 0 aromatic carbocycles. The Labute approximate surface area is 48.9 Å². The lowest BCUT2D eigenvalue weighted by molar-refractivity contribution is -0.136. The molecule has 0 rings (SSSR count). The summed E-state index contributed by atoms with van der Waals surface area (Å²) in [6.07, 6.45) is -5.65. The van der Waals surface area contributed by atoms with Crippen LogP contribution in [0.15, 0.2) is 0 Å². The Morgan fingerprint density at radius 2 is 1.50 bits per heavy atom. The van der Waals surface area contributed by atoms with Gasteiger partial charge >= 0.3 is 6.18 Å². The number of hydrogen-bond donors (Lipinski definition) is 0. The standard InChI is InChI=1S/C3H4F4.Si/c4-2-1-3(5,6)7;/h1-2H2;. The zero-order chi connectivity index (χ0) is 5.91. The van der Waals surface area contributed by atoms with Crippen molar-refractivity contribution < 1.29 is 17.6 Å². The Balaban J connectivity index is 0. The van der Waals surface area contributed by atoms with Crippen LogP contribution in [0.3, 0.4) is 0 Å². The van der Waals surface area contributed by atoms with E-state index in [1.807, 2.05) is 0 Å². The van der Waals surface area contributed by atoms with Gasteiger partial charge in [-0.2, -0.15) is 13.2 Å². The lowest BCUT2D eigenvalue weighted by Gasteiger charge is -1.98. The monoisotopic (exact) mass is 144 g/mol. The van der Waals surface area contributed by atoms with Crippen molar-refractivity contribution in [3.63, 3.8) is 0 Å². The minimum absolute atomic E-state index is 0. The van der Waals surface area contributed by atoms with Gasteiger partial charge in [-0.15, -0.1) is 0 Å². The predicted molar refractivity (Wildman–Crippen MR) is 22.4 cm³/mol. The molecule has 0 aromatic rings. The highest BCUT2D eigenvalue weighted by molar-refractivity contribution is 5.75. The molecule has 0 heterocycles. The van der Waals surface area contributed by atoms with Crippen molar-refractivity contribution in [2.24, 2.45) is 0 Å². The smallest absolute Gasteiger partial charge is 0.251 e. The maximum absolute atomic E-state index is 10.8. The first-order valence-corrected chi connectivity index (χ1v) is 1.69. The molecule has 0 aliphatic rings. The van der Waals surface area contributed by atoms with Gasteiger partial charge in [0.05, 0.1) is 13.1 Å². The summed E-state index contributed by atoms with van der Waals surface area (Å²) in [5.41, 5.74) is 0. The van der Waals surface area contributed by atoms with Crippen LogP contribution in [0.1, 0.15) is 6.42 Å². The second-order valence-electron chi connectivity index (χ2n) is 1.05. The van der Waals surface area contributed by atoms with E-state index in [1.54, 1.807) is 0 Å². The van der Waals surface area contributed by atoms with Gasteiger partial charge in [0.25, 0.3) is 0 Å². The molecular formula is C3H4F4Si. The molecule has 8 heavy (non-hydrogen) atoms. The lowest BCUT2D eigenvalue weighted by Crippen LogP contribution is -2.07. The summed E-state index contributed by atoms with van der Waals surface area (Å²) in [5.74, 6) is 0. The zero-order valence-corrected chi connectivity index (χ0v) is 4.93. The molecule has 48 valence electrons. The van der Waals surface area contributed by atoms with Gasteiger partial charge in [0.15, 0.2) is 0 Å². The van der Waals surface area contributed by atoms with Crippen LogP contribution in [0.4, 0.5) is 17.6 Å². The molecule has 0 nitrogen and oxygen atoms in total. The van der Waals surface area contributed by atoms with Gasteiger partial charge in [0, 0.05) is 11.0 Å². The molecule has 0 atom stereocenters. The fourth-order valence-corrected chi connectivity index (χ4v) is 0.107. The number of halogens is 4. The Morgan fingerprint density at radius 3 is 1.50 bits per heavy atom. The summed E-state index contributed by atoms with van der Waals surface area (Å²) in [5, 5.41) is 0. The van der Waals surface area contributed by atoms with Crippen molar-refractivity contribution in [3.8, 4) is 0 Å². The number of rotatable bonds is 1. The Bertz CT molecular complexity index is 49.7. The molecule has 0 N–H and O–H groups in total. The summed E-state index contributed by atoms with van der Waals surface area (Å²) in [4.78, 5) is 0. The average Bonchev–Trinajstić information content (AvgIpc) is 1.30. The minimum atomic E-state index is -4.32. The first-order chi connectivity index (χ1) is 3.06. The van der Waals surface area contributed by atoms with E-state index in [0.717, 1.165) is 0 Å². The Kier molecular flexibility index (Phi) is 5.26. The quantitative estimate of drug-likeness (QED) is 0.386. The van der Waals surface area contributed by atoms with Crippen LogP contribution in [0.25, 0.3) is 0 Å². The van der Waals surface area contributed by atoms with Gasteiger partial charge in [-0.25, -0.2) is 0 Å². The fourth-order valence-electron chi connectivity index (χ4n) is 0.107. The highest BCUT2D eigenvalue weighted by atomic mass is 28.1. The third-order valence-electron chi connectivity index (χ3n) is 0.378. The van der Waals surface area contributed by atoms with Crippen LogP contribution in [-0.2, 0) is 0 Å². The molecule has 0 bridgehead atoms. The number of alkyl halides is 4. The van der Waals surface area contributed by atoms with E-state index in [2.05, 4.69) is 0 Å². The second-order valence-corrected chi connectivity index (χ2v) is 1.05. The maximum atomic E-state index is 10.8. The fraction of sp³-hybridized carbons (Fsp3) is 1.00. The highest BCUT2D eigenvalue weighted by Gasteiger charge is 2.25. The molecular weight excluding hydrogens is 140 g/mol. The molecule has 0 aliphatic carbocycles. The summed E-state index contributed by atoms with van der Waals surface area (Å²) in [6, 6.07) is 0. The van der Waals surface area contributed by atoms with Gasteiger partial charge in [0.2, 0.25) is 0 Å². The van der Waals surface area contributed by atoms with E-state index in [1.165, 1.54) is 0 Å². The van der Waals surface area contributed by atoms with Crippen LogP contribution in [0.2, 0.25) is 0 Å². The van der Waals surface area contributed by atoms with Gasteiger partial charge < -0.3 is 0 Å². The molecule has 0 unspecified atom stereocenters. The largest absolute Gasteiger partial charge is 0.391 e. The van der Waals surface area contributed by atoms with Crippen LogP contribution < -0.4 is 0 Å². The van der Waals surface area contributed by atoms with Crippen molar-refractivity contribution in [2.45, 2.75) is 12.6 Å². The second kappa shape index (κ2) is 3.88. The van der Waals surface area contributed by atoms with Gasteiger partial charge in [-0.3, -0.25) is 4.39 Å². The average molecular weight is 144 g/mol. The van der Waals surface area contributed by atoms with Crippen LogP contribution >= 0.6 is 0 Å². The molecule has 0 fully saturated rings. The van der Waals surface area contributed by atoms with Crippen molar-refractivity contribution >= 4 is 11.0 Å². The van der Waals surface area contributed by atoms with Crippen molar-refractivity contribution in [1.29, 1.82) is 0 Å². The summed E-state index contributed by atoms with van der Waals surface area (Å²) in [7, 11) is 0. The summed E-state index contributed by atoms with van der Waals surface area (Å²) < 4.78 is 43.2. The van der Waals surface area contributed by atoms with E-state index < -0.39 is 19.3 Å². The van der Waals surface area contributed by atoms with E-state index in [0.29, 0.717) is 0 Å². The van der Waals surface area contributed by atoms with Crippen molar-refractivity contribution in [1.82, 2.24) is 0 Å². The van der Waals surface area contributed by atoms with E-state index in [4.69, 9.17) is 0 Å². The van der Waals surface area contributed by atoms with E-state index in [-0.39, 0.29) is 11.0 Å². The molecule has 0 amide bonds. The van der Waals surface area contributed by atoms with Gasteiger partial charge in [-0.1, -0.05) is 0 Å². The van der Waals surface area contributed by atoms with E-state index in [9.17, 15) is 17.6 Å². The molecule has 0 saturated carbocycles. The third kappa shape index (κ3) is 9.34. The summed E-state index contributed by atoms with van der Waals surface area (Å²) >= 11 is 0. The summed E-state index contributed by atoms with van der Waals surface area (Å²) in [6.45, 7) is -1.32. The molecule has 0 saturated heterocycles. The van der Waals surface area contributed by atoms with Crippen molar-refractivity contribution in [3.05, 3.63) is 0 Å². The Morgan fingerprint density at radius 1 is 1.12 bits per heavy atom. The first-order valence-electron chi connectivity index (χ1n) is 1.69. The zero-order valence-electron chi connectivity index (χ0n) is 3.93.